The second-order valence-electron chi connectivity index (χ2n) is 4.94. The summed E-state index contributed by atoms with van der Waals surface area (Å²) in [6, 6.07) is 6.82. The maximum absolute atomic E-state index is 12.8. The van der Waals surface area contributed by atoms with Crippen LogP contribution in [0, 0.1) is 18.3 Å². The number of sulfone groups is 1. The van der Waals surface area contributed by atoms with Crippen LogP contribution in [-0.2, 0) is 25.8 Å². The summed E-state index contributed by atoms with van der Waals surface area (Å²) in [5.74, 6) is -0.856. The molecule has 6 heteroatoms. The highest BCUT2D eigenvalue weighted by molar-refractivity contribution is 7.93. The summed E-state index contributed by atoms with van der Waals surface area (Å²) in [4.78, 5) is 12.2. The Morgan fingerprint density at radius 2 is 2.20 bits per heavy atom. The minimum atomic E-state index is -3.93. The molecule has 106 valence electrons. The molecule has 0 amide bonds. The van der Waals surface area contributed by atoms with Crippen LogP contribution in [0.3, 0.4) is 0 Å². The first-order valence-corrected chi connectivity index (χ1v) is 7.67. The predicted octanol–water partition coefficient (Wildman–Crippen LogP) is 1.54. The van der Waals surface area contributed by atoms with E-state index >= 15 is 0 Å². The zero-order valence-electron chi connectivity index (χ0n) is 11.3. The van der Waals surface area contributed by atoms with Gasteiger partial charge in [0.1, 0.15) is 0 Å². The van der Waals surface area contributed by atoms with E-state index in [4.69, 9.17) is 5.26 Å². The van der Waals surface area contributed by atoms with Crippen molar-refractivity contribution < 1.29 is 17.9 Å². The van der Waals surface area contributed by atoms with Crippen LogP contribution in [0.1, 0.15) is 24.0 Å². The lowest BCUT2D eigenvalue weighted by molar-refractivity contribution is -0.144. The summed E-state index contributed by atoms with van der Waals surface area (Å²) < 4.78 is 28.4. The molecule has 2 rings (SSSR count). The zero-order valence-corrected chi connectivity index (χ0v) is 12.2. The largest absolute Gasteiger partial charge is 0.468 e. The molecular formula is C14H15NO4S. The van der Waals surface area contributed by atoms with Gasteiger partial charge in [0.25, 0.3) is 0 Å². The molecule has 0 bridgehead atoms. The van der Waals surface area contributed by atoms with Gasteiger partial charge in [-0.3, -0.25) is 4.79 Å². The van der Waals surface area contributed by atoms with Crippen LogP contribution in [0.4, 0.5) is 0 Å². The van der Waals surface area contributed by atoms with Crippen molar-refractivity contribution in [1.29, 1.82) is 5.26 Å². The van der Waals surface area contributed by atoms with Crippen molar-refractivity contribution >= 4 is 15.8 Å². The molecule has 20 heavy (non-hydrogen) atoms. The van der Waals surface area contributed by atoms with Crippen molar-refractivity contribution in [3.05, 3.63) is 29.3 Å². The van der Waals surface area contributed by atoms with E-state index in [1.165, 1.54) is 6.07 Å². The highest BCUT2D eigenvalue weighted by Gasteiger charge is 2.55. The number of carbonyl (C=O) groups is 1. The number of hydrogen-bond acceptors (Lipinski definition) is 5. The molecule has 1 aromatic rings. The Morgan fingerprint density at radius 1 is 1.50 bits per heavy atom. The number of hydrogen-bond donors (Lipinski definition) is 0. The van der Waals surface area contributed by atoms with E-state index in [1.807, 2.05) is 13.0 Å². The molecule has 1 aliphatic rings. The van der Waals surface area contributed by atoms with Gasteiger partial charge in [-0.15, -0.1) is 0 Å². The Kier molecular flexibility index (Phi) is 3.57. The summed E-state index contributed by atoms with van der Waals surface area (Å²) >= 11 is 0. The molecule has 0 fully saturated rings. The van der Waals surface area contributed by atoms with Crippen LogP contribution in [-0.4, -0.2) is 26.2 Å². The Hall–Kier alpha value is -1.87. The number of esters is 1. The first-order chi connectivity index (χ1) is 9.39. The summed E-state index contributed by atoms with van der Waals surface area (Å²) in [6.45, 7) is 1.88. The van der Waals surface area contributed by atoms with E-state index in [9.17, 15) is 13.2 Å². The topological polar surface area (TPSA) is 84.2 Å². The van der Waals surface area contributed by atoms with Crippen LogP contribution in [0.15, 0.2) is 23.1 Å². The van der Waals surface area contributed by atoms with Gasteiger partial charge in [-0.25, -0.2) is 8.42 Å². The molecule has 0 spiro atoms. The van der Waals surface area contributed by atoms with Crippen molar-refractivity contribution in [2.24, 2.45) is 0 Å². The number of nitrogens with zero attached hydrogens (tertiary/aromatic N) is 1. The van der Waals surface area contributed by atoms with Gasteiger partial charge in [0.2, 0.25) is 0 Å². The van der Waals surface area contributed by atoms with Crippen molar-refractivity contribution in [2.45, 2.75) is 35.8 Å². The Labute approximate surface area is 118 Å². The van der Waals surface area contributed by atoms with Gasteiger partial charge in [-0.05, 0) is 31.4 Å². The van der Waals surface area contributed by atoms with Gasteiger partial charge in [0.05, 0.1) is 24.5 Å². The number of aryl methyl sites for hydroxylation is 2. The van der Waals surface area contributed by atoms with Crippen molar-refractivity contribution in [3.63, 3.8) is 0 Å². The smallest absolute Gasteiger partial charge is 0.328 e. The van der Waals surface area contributed by atoms with Gasteiger partial charge in [0, 0.05) is 0 Å². The maximum atomic E-state index is 12.8. The van der Waals surface area contributed by atoms with Crippen molar-refractivity contribution in [1.82, 2.24) is 0 Å². The second kappa shape index (κ2) is 4.91. The van der Waals surface area contributed by atoms with Gasteiger partial charge in [-0.2, -0.15) is 5.26 Å². The van der Waals surface area contributed by atoms with E-state index in [1.54, 1.807) is 12.1 Å². The third kappa shape index (κ3) is 1.90. The molecule has 1 aliphatic heterocycles. The number of carbonyl (C=O) groups excluding carboxylic acids is 1. The fraction of sp³-hybridized carbons (Fsp3) is 0.429. The van der Waals surface area contributed by atoms with Crippen LogP contribution in [0.25, 0.3) is 0 Å². The molecule has 1 heterocycles. The molecule has 1 aromatic carbocycles. The normalized spacial score (nSPS) is 23.4. The molecule has 0 N–H and O–H groups in total. The maximum Gasteiger partial charge on any atom is 0.328 e. The van der Waals surface area contributed by atoms with Crippen LogP contribution >= 0.6 is 0 Å². The summed E-state index contributed by atoms with van der Waals surface area (Å²) in [5, 5.41) is 8.93. The molecule has 0 aliphatic carbocycles. The van der Waals surface area contributed by atoms with Gasteiger partial charge >= 0.3 is 5.97 Å². The third-order valence-electron chi connectivity index (χ3n) is 3.74. The standard InChI is InChI=1S/C14H15NO4S/c1-10-3-4-12-11(9-10)5-6-14(7-8-15,13(16)19-2)20(12,17)18/h3-4,9H,5-7H2,1-2H3. The average Bonchev–Trinajstić information content (AvgIpc) is 2.41. The van der Waals surface area contributed by atoms with Gasteiger partial charge < -0.3 is 4.74 Å². The molecule has 0 saturated carbocycles. The monoisotopic (exact) mass is 293 g/mol. The number of rotatable bonds is 2. The molecule has 1 atom stereocenters. The fourth-order valence-electron chi connectivity index (χ4n) is 2.63. The molecule has 1 unspecified atom stereocenters. The predicted molar refractivity (Wildman–Crippen MR) is 71.7 cm³/mol. The summed E-state index contributed by atoms with van der Waals surface area (Å²) in [5.41, 5.74) is 1.66. The van der Waals surface area contributed by atoms with E-state index in [2.05, 4.69) is 4.74 Å². The number of methoxy groups -OCH3 is 1. The quantitative estimate of drug-likeness (QED) is 0.772. The van der Waals surface area contributed by atoms with Crippen LogP contribution in [0.2, 0.25) is 0 Å². The van der Waals surface area contributed by atoms with Crippen molar-refractivity contribution in [2.75, 3.05) is 7.11 Å². The highest BCUT2D eigenvalue weighted by Crippen LogP contribution is 2.40. The Morgan fingerprint density at radius 3 is 2.80 bits per heavy atom. The number of benzene rings is 1. The summed E-state index contributed by atoms with van der Waals surface area (Å²) in [6.07, 6.45) is 0.119. The molecule has 0 radical (unpaired) electrons. The lowest BCUT2D eigenvalue weighted by atomic mass is 9.94. The van der Waals surface area contributed by atoms with Crippen LogP contribution in [0.5, 0.6) is 0 Å². The SMILES string of the molecule is COC(=O)C1(CC#N)CCc2cc(C)ccc2S1(=O)=O. The second-order valence-corrected chi connectivity index (χ2v) is 7.16. The minimum Gasteiger partial charge on any atom is -0.468 e. The van der Waals surface area contributed by atoms with E-state index in [0.29, 0.717) is 12.0 Å². The third-order valence-corrected chi connectivity index (χ3v) is 6.26. The first kappa shape index (κ1) is 14.5. The van der Waals surface area contributed by atoms with Crippen LogP contribution < -0.4 is 0 Å². The minimum absolute atomic E-state index is 0.0754. The molecule has 5 nitrogen and oxygen atoms in total. The zero-order chi connectivity index (χ0) is 15.0. The average molecular weight is 293 g/mol. The number of fused-ring (bicyclic) bond motifs is 1. The molecular weight excluding hydrogens is 278 g/mol. The fourth-order valence-corrected chi connectivity index (χ4v) is 4.73. The number of ether oxygens (including phenoxy) is 1. The highest BCUT2D eigenvalue weighted by atomic mass is 32.2. The lowest BCUT2D eigenvalue weighted by Crippen LogP contribution is -2.49. The van der Waals surface area contributed by atoms with Gasteiger partial charge in [-0.1, -0.05) is 17.7 Å². The number of nitriles is 1. The van der Waals surface area contributed by atoms with E-state index in [0.717, 1.165) is 12.7 Å². The first-order valence-electron chi connectivity index (χ1n) is 6.18. The molecule has 0 saturated heterocycles. The van der Waals surface area contributed by atoms with E-state index < -0.39 is 27.0 Å². The van der Waals surface area contributed by atoms with Gasteiger partial charge in [0.15, 0.2) is 14.6 Å². The lowest BCUT2D eigenvalue weighted by Gasteiger charge is -2.33. The Bertz CT molecular complexity index is 702. The van der Waals surface area contributed by atoms with E-state index in [-0.39, 0.29) is 11.3 Å². The molecule has 0 aromatic heterocycles. The summed E-state index contributed by atoms with van der Waals surface area (Å²) in [7, 11) is -2.79. The van der Waals surface area contributed by atoms with Crippen molar-refractivity contribution in [3.8, 4) is 6.07 Å². The Balaban J connectivity index is 2.68.